The number of hydrogen-bond donors (Lipinski definition) is 0. The van der Waals surface area contributed by atoms with Gasteiger partial charge in [-0.2, -0.15) is 4.31 Å². The molecule has 1 aliphatic rings. The van der Waals surface area contributed by atoms with Crippen molar-refractivity contribution in [2.45, 2.75) is 24.7 Å². The van der Waals surface area contributed by atoms with Crippen molar-refractivity contribution in [2.75, 3.05) is 26.3 Å². The van der Waals surface area contributed by atoms with Gasteiger partial charge in [-0.3, -0.25) is 14.9 Å². The molecule has 164 valence electrons. The minimum absolute atomic E-state index is 0.00678. The number of carbonyl (C=O) groups excluding carboxylic acids is 1. The third kappa shape index (κ3) is 5.25. The highest BCUT2D eigenvalue weighted by Gasteiger charge is 2.26. The van der Waals surface area contributed by atoms with Gasteiger partial charge in [0.1, 0.15) is 0 Å². The van der Waals surface area contributed by atoms with E-state index in [2.05, 4.69) is 0 Å². The molecular weight excluding hydrogens is 420 g/mol. The van der Waals surface area contributed by atoms with Gasteiger partial charge in [-0.05, 0) is 41.8 Å². The summed E-state index contributed by atoms with van der Waals surface area (Å²) >= 11 is 0. The molecule has 0 aliphatic carbocycles. The molecule has 8 nitrogen and oxygen atoms in total. The van der Waals surface area contributed by atoms with Gasteiger partial charge >= 0.3 is 0 Å². The molecule has 1 heterocycles. The van der Waals surface area contributed by atoms with Gasteiger partial charge in [0, 0.05) is 30.3 Å². The maximum atomic E-state index is 12.7. The number of ketones is 1. The lowest BCUT2D eigenvalue weighted by atomic mass is 9.99. The molecule has 2 aromatic carbocycles. The number of allylic oxidation sites excluding steroid dienone is 1. The predicted molar refractivity (Wildman–Crippen MR) is 117 cm³/mol. The molecule has 1 aliphatic heterocycles. The quantitative estimate of drug-likeness (QED) is 0.279. The third-order valence-electron chi connectivity index (χ3n) is 5.05. The summed E-state index contributed by atoms with van der Waals surface area (Å²) in [7, 11) is -3.62. The first kappa shape index (κ1) is 22.8. The first-order valence-corrected chi connectivity index (χ1v) is 11.3. The summed E-state index contributed by atoms with van der Waals surface area (Å²) in [6.45, 7) is 5.07. The van der Waals surface area contributed by atoms with E-state index in [0.29, 0.717) is 43.0 Å². The van der Waals surface area contributed by atoms with Crippen molar-refractivity contribution >= 4 is 27.6 Å². The number of morpholine rings is 1. The van der Waals surface area contributed by atoms with Crippen LogP contribution in [0.2, 0.25) is 0 Å². The Labute approximate surface area is 181 Å². The fraction of sp³-hybridized carbons (Fsp3) is 0.318. The van der Waals surface area contributed by atoms with E-state index >= 15 is 0 Å². The monoisotopic (exact) mass is 444 g/mol. The van der Waals surface area contributed by atoms with Crippen LogP contribution >= 0.6 is 0 Å². The second-order valence-corrected chi connectivity index (χ2v) is 9.41. The minimum atomic E-state index is -3.62. The Bertz CT molecular complexity index is 1100. The van der Waals surface area contributed by atoms with Crippen molar-refractivity contribution in [1.29, 1.82) is 0 Å². The molecule has 1 saturated heterocycles. The average Bonchev–Trinajstić information content (AvgIpc) is 2.77. The molecule has 0 saturated carbocycles. The van der Waals surface area contributed by atoms with E-state index in [1.165, 1.54) is 46.8 Å². The fourth-order valence-electron chi connectivity index (χ4n) is 3.31. The van der Waals surface area contributed by atoms with Crippen molar-refractivity contribution in [3.8, 4) is 0 Å². The average molecular weight is 445 g/mol. The van der Waals surface area contributed by atoms with Crippen molar-refractivity contribution in [1.82, 2.24) is 4.31 Å². The highest BCUT2D eigenvalue weighted by Crippen LogP contribution is 2.27. The van der Waals surface area contributed by atoms with Crippen LogP contribution in [0.15, 0.2) is 53.4 Å². The van der Waals surface area contributed by atoms with Crippen LogP contribution in [0.5, 0.6) is 0 Å². The van der Waals surface area contributed by atoms with Gasteiger partial charge in [0.05, 0.1) is 23.0 Å². The molecule has 1 fully saturated rings. The SMILES string of the molecule is CC(C)c1ccc(/C=C/C(=O)c2ccc(S(=O)(=O)N3CCOCC3)cc2)cc1[N+](=O)[O-]. The highest BCUT2D eigenvalue weighted by molar-refractivity contribution is 7.89. The molecule has 0 unspecified atom stereocenters. The second kappa shape index (κ2) is 9.51. The van der Waals surface area contributed by atoms with E-state index in [1.807, 2.05) is 13.8 Å². The number of hydrogen-bond acceptors (Lipinski definition) is 6. The van der Waals surface area contributed by atoms with Gasteiger partial charge in [0.2, 0.25) is 10.0 Å². The zero-order chi connectivity index (χ0) is 22.6. The summed E-state index contributed by atoms with van der Waals surface area (Å²) in [5.74, 6) is -0.321. The van der Waals surface area contributed by atoms with Gasteiger partial charge in [-0.1, -0.05) is 32.1 Å². The van der Waals surface area contributed by atoms with Crippen LogP contribution in [0, 0.1) is 10.1 Å². The number of nitro groups is 1. The zero-order valence-electron chi connectivity index (χ0n) is 17.4. The van der Waals surface area contributed by atoms with E-state index in [1.54, 1.807) is 12.1 Å². The number of sulfonamides is 1. The predicted octanol–water partition coefficient (Wildman–Crippen LogP) is 3.64. The minimum Gasteiger partial charge on any atom is -0.379 e. The normalized spacial score (nSPS) is 15.5. The number of nitro benzene ring substituents is 1. The Hall–Kier alpha value is -2.88. The van der Waals surface area contributed by atoms with Crippen LogP contribution in [0.25, 0.3) is 6.08 Å². The molecule has 0 atom stereocenters. The van der Waals surface area contributed by atoms with Crippen LogP contribution in [0.4, 0.5) is 5.69 Å². The first-order valence-electron chi connectivity index (χ1n) is 9.89. The molecule has 0 amide bonds. The van der Waals surface area contributed by atoms with Gasteiger partial charge in [0.15, 0.2) is 5.78 Å². The number of rotatable bonds is 7. The Balaban J connectivity index is 1.76. The molecule has 31 heavy (non-hydrogen) atoms. The lowest BCUT2D eigenvalue weighted by molar-refractivity contribution is -0.385. The summed E-state index contributed by atoms with van der Waals surface area (Å²) in [4.78, 5) is 23.5. The van der Waals surface area contributed by atoms with E-state index in [4.69, 9.17) is 4.74 Å². The topological polar surface area (TPSA) is 107 Å². The second-order valence-electron chi connectivity index (χ2n) is 7.47. The van der Waals surface area contributed by atoms with Crippen LogP contribution in [-0.2, 0) is 14.8 Å². The molecule has 0 aromatic heterocycles. The van der Waals surface area contributed by atoms with E-state index in [0.717, 1.165) is 0 Å². The molecule has 9 heteroatoms. The Kier molecular flexibility index (Phi) is 6.99. The summed E-state index contributed by atoms with van der Waals surface area (Å²) in [6, 6.07) is 10.6. The summed E-state index contributed by atoms with van der Waals surface area (Å²) in [5, 5.41) is 11.3. The smallest absolute Gasteiger partial charge is 0.273 e. The Morgan fingerprint density at radius 2 is 1.77 bits per heavy atom. The van der Waals surface area contributed by atoms with Crippen LogP contribution in [0.3, 0.4) is 0 Å². The largest absolute Gasteiger partial charge is 0.379 e. The van der Waals surface area contributed by atoms with Crippen LogP contribution < -0.4 is 0 Å². The molecule has 0 radical (unpaired) electrons. The standard InChI is InChI=1S/C22H24N2O6S/c1-16(2)20-9-3-17(15-21(20)24(26)27)4-10-22(25)18-5-7-19(8-6-18)31(28,29)23-11-13-30-14-12-23/h3-10,15-16H,11-14H2,1-2H3/b10-4+. The lowest BCUT2D eigenvalue weighted by Crippen LogP contribution is -2.40. The number of ether oxygens (including phenoxy) is 1. The highest BCUT2D eigenvalue weighted by atomic mass is 32.2. The van der Waals surface area contributed by atoms with Gasteiger partial charge in [-0.15, -0.1) is 0 Å². The summed E-state index contributed by atoms with van der Waals surface area (Å²) in [6.07, 6.45) is 2.83. The van der Waals surface area contributed by atoms with Gasteiger partial charge < -0.3 is 4.74 Å². The fourth-order valence-corrected chi connectivity index (χ4v) is 4.71. The maximum absolute atomic E-state index is 12.7. The molecule has 0 bridgehead atoms. The summed E-state index contributed by atoms with van der Waals surface area (Å²) in [5.41, 5.74) is 1.51. The van der Waals surface area contributed by atoms with Crippen LogP contribution in [-0.4, -0.2) is 49.7 Å². The number of benzene rings is 2. The van der Waals surface area contributed by atoms with E-state index < -0.39 is 14.9 Å². The maximum Gasteiger partial charge on any atom is 0.273 e. The third-order valence-corrected chi connectivity index (χ3v) is 6.96. The molecular formula is C22H24N2O6S. The van der Waals surface area contributed by atoms with Crippen molar-refractivity contribution in [3.63, 3.8) is 0 Å². The molecule has 0 N–H and O–H groups in total. The molecule has 3 rings (SSSR count). The molecule has 2 aromatic rings. The molecule has 0 spiro atoms. The number of nitrogens with zero attached hydrogens (tertiary/aromatic N) is 2. The number of carbonyl (C=O) groups is 1. The Morgan fingerprint density at radius 1 is 1.13 bits per heavy atom. The van der Waals surface area contributed by atoms with E-state index in [-0.39, 0.29) is 22.3 Å². The van der Waals surface area contributed by atoms with Gasteiger partial charge in [0.25, 0.3) is 5.69 Å². The van der Waals surface area contributed by atoms with Crippen LogP contribution in [0.1, 0.15) is 41.3 Å². The lowest BCUT2D eigenvalue weighted by Gasteiger charge is -2.26. The van der Waals surface area contributed by atoms with Crippen molar-refractivity contribution < 1.29 is 22.9 Å². The van der Waals surface area contributed by atoms with Crippen molar-refractivity contribution in [2.24, 2.45) is 0 Å². The Morgan fingerprint density at radius 3 is 2.35 bits per heavy atom. The summed E-state index contributed by atoms with van der Waals surface area (Å²) < 4.78 is 31.9. The zero-order valence-corrected chi connectivity index (χ0v) is 18.2. The van der Waals surface area contributed by atoms with Gasteiger partial charge in [-0.25, -0.2) is 8.42 Å². The van der Waals surface area contributed by atoms with Crippen molar-refractivity contribution in [3.05, 3.63) is 75.3 Å². The first-order chi connectivity index (χ1) is 14.7. The van der Waals surface area contributed by atoms with E-state index in [9.17, 15) is 23.3 Å².